The van der Waals surface area contributed by atoms with Crippen LogP contribution in [-0.2, 0) is 11.3 Å². The van der Waals surface area contributed by atoms with E-state index in [0.29, 0.717) is 24.3 Å². The Morgan fingerprint density at radius 3 is 2.48 bits per heavy atom. The van der Waals surface area contributed by atoms with Gasteiger partial charge in [0.2, 0.25) is 5.91 Å². The normalized spacial score (nSPS) is 16.6. The summed E-state index contributed by atoms with van der Waals surface area (Å²) >= 11 is 5.39. The molecular formula is C22H33N5OS. The van der Waals surface area contributed by atoms with Crippen LogP contribution in [0.5, 0.6) is 0 Å². The van der Waals surface area contributed by atoms with Gasteiger partial charge in [-0.05, 0) is 46.1 Å². The number of H-pyrrole nitrogens is 1. The van der Waals surface area contributed by atoms with E-state index in [1.165, 1.54) is 31.2 Å². The molecule has 0 saturated heterocycles. The Morgan fingerprint density at radius 2 is 1.86 bits per heavy atom. The van der Waals surface area contributed by atoms with Gasteiger partial charge in [-0.1, -0.05) is 55.5 Å². The zero-order valence-corrected chi connectivity index (χ0v) is 18.6. The van der Waals surface area contributed by atoms with Gasteiger partial charge in [-0.3, -0.25) is 14.5 Å². The highest BCUT2D eigenvalue weighted by molar-refractivity contribution is 7.71. The number of carbonyl (C=O) groups excluding carboxylic acids is 1. The maximum absolute atomic E-state index is 12.6. The first-order chi connectivity index (χ1) is 13.9. The van der Waals surface area contributed by atoms with E-state index in [4.69, 9.17) is 12.2 Å². The van der Waals surface area contributed by atoms with Gasteiger partial charge in [-0.2, -0.15) is 5.10 Å². The Balaban J connectivity index is 1.62. The molecule has 158 valence electrons. The maximum atomic E-state index is 12.6. The molecule has 0 radical (unpaired) electrons. The van der Waals surface area contributed by atoms with Crippen molar-refractivity contribution >= 4 is 18.1 Å². The molecule has 7 heteroatoms. The molecule has 2 N–H and O–H groups in total. The molecule has 0 bridgehead atoms. The molecule has 0 unspecified atom stereocenters. The smallest absolute Gasteiger partial charge is 0.221 e. The van der Waals surface area contributed by atoms with E-state index in [-0.39, 0.29) is 11.4 Å². The lowest BCUT2D eigenvalue weighted by Crippen LogP contribution is -2.52. The number of hydrogen-bond donors (Lipinski definition) is 2. The summed E-state index contributed by atoms with van der Waals surface area (Å²) in [7, 11) is 4.27. The van der Waals surface area contributed by atoms with Crippen molar-refractivity contribution in [2.75, 3.05) is 20.6 Å². The maximum Gasteiger partial charge on any atom is 0.221 e. The predicted molar refractivity (Wildman–Crippen MR) is 119 cm³/mol. The first-order valence-electron chi connectivity index (χ1n) is 10.6. The minimum Gasteiger partial charge on any atom is -0.354 e. The molecule has 1 aromatic carbocycles. The Morgan fingerprint density at radius 1 is 1.21 bits per heavy atom. The molecule has 6 nitrogen and oxygen atoms in total. The van der Waals surface area contributed by atoms with Crippen LogP contribution in [-0.4, -0.2) is 51.8 Å². The van der Waals surface area contributed by atoms with Crippen molar-refractivity contribution in [2.24, 2.45) is 0 Å². The molecule has 1 saturated carbocycles. The van der Waals surface area contributed by atoms with Gasteiger partial charge in [-0.25, -0.2) is 0 Å². The third-order valence-electron chi connectivity index (χ3n) is 6.23. The molecule has 1 aliphatic carbocycles. The van der Waals surface area contributed by atoms with Crippen LogP contribution in [0.25, 0.3) is 11.4 Å². The fraction of sp³-hybridized carbons (Fsp3) is 0.591. The minimum absolute atomic E-state index is 0.0634. The Bertz CT molecular complexity index is 860. The Kier molecular flexibility index (Phi) is 7.24. The van der Waals surface area contributed by atoms with E-state index in [2.05, 4.69) is 53.6 Å². The highest BCUT2D eigenvalue weighted by Crippen LogP contribution is 2.30. The first kappa shape index (κ1) is 21.7. The summed E-state index contributed by atoms with van der Waals surface area (Å²) in [4.78, 5) is 14.9. The average Bonchev–Trinajstić information content (AvgIpc) is 2.91. The number of hydrogen-bond acceptors (Lipinski definition) is 4. The number of nitrogens with one attached hydrogen (secondary N) is 2. The van der Waals surface area contributed by atoms with Crippen LogP contribution < -0.4 is 5.32 Å². The summed E-state index contributed by atoms with van der Waals surface area (Å²) in [5.41, 5.74) is 2.26. The molecule has 0 spiro atoms. The van der Waals surface area contributed by atoms with Crippen LogP contribution in [0, 0.1) is 11.7 Å². The third-order valence-corrected chi connectivity index (χ3v) is 6.54. The highest BCUT2D eigenvalue weighted by atomic mass is 32.1. The van der Waals surface area contributed by atoms with E-state index >= 15 is 0 Å². The molecule has 1 heterocycles. The first-order valence-corrected chi connectivity index (χ1v) is 11.0. The van der Waals surface area contributed by atoms with Crippen molar-refractivity contribution in [3.8, 4) is 11.4 Å². The average molecular weight is 416 g/mol. The highest BCUT2D eigenvalue weighted by Gasteiger charge is 2.33. The Hall–Kier alpha value is -1.99. The van der Waals surface area contributed by atoms with E-state index in [1.54, 1.807) is 0 Å². The van der Waals surface area contributed by atoms with Gasteiger partial charge in [0.15, 0.2) is 10.6 Å². The summed E-state index contributed by atoms with van der Waals surface area (Å²) in [5.74, 6) is 0.838. The van der Waals surface area contributed by atoms with Gasteiger partial charge in [0.05, 0.1) is 0 Å². The summed E-state index contributed by atoms with van der Waals surface area (Å²) < 4.78 is 2.45. The van der Waals surface area contributed by atoms with Gasteiger partial charge in [0, 0.05) is 30.6 Å². The third kappa shape index (κ3) is 5.34. The largest absolute Gasteiger partial charge is 0.354 e. The number of carbonyl (C=O) groups is 1. The fourth-order valence-corrected chi connectivity index (χ4v) is 4.41. The van der Waals surface area contributed by atoms with E-state index in [0.717, 1.165) is 24.2 Å². The number of benzene rings is 1. The molecule has 2 aromatic rings. The molecule has 0 aliphatic heterocycles. The second kappa shape index (κ2) is 9.67. The van der Waals surface area contributed by atoms with Crippen LogP contribution in [0.3, 0.4) is 0 Å². The van der Waals surface area contributed by atoms with Crippen molar-refractivity contribution in [2.45, 2.75) is 64.0 Å². The summed E-state index contributed by atoms with van der Waals surface area (Å²) in [6.07, 6.45) is 7.73. The lowest BCUT2D eigenvalue weighted by atomic mass is 9.88. The van der Waals surface area contributed by atoms with Crippen LogP contribution >= 0.6 is 12.2 Å². The number of aromatic amines is 1. The SMILES string of the molecule is Cc1ccc(-c2n[nH]c(=S)n2CCC(=O)NCC2(N(C)C)CCCCCC2)cc1. The van der Waals surface area contributed by atoms with Crippen molar-refractivity contribution in [1.82, 2.24) is 25.0 Å². The minimum atomic E-state index is 0.0634. The van der Waals surface area contributed by atoms with Gasteiger partial charge < -0.3 is 10.2 Å². The zero-order chi connectivity index (χ0) is 20.9. The lowest BCUT2D eigenvalue weighted by Gasteiger charge is -2.39. The van der Waals surface area contributed by atoms with Gasteiger partial charge >= 0.3 is 0 Å². The number of nitrogens with zero attached hydrogens (tertiary/aromatic N) is 3. The topological polar surface area (TPSA) is 66.0 Å². The summed E-state index contributed by atoms with van der Waals surface area (Å²) in [6.45, 7) is 3.28. The van der Waals surface area contributed by atoms with Crippen molar-refractivity contribution in [3.05, 3.63) is 34.6 Å². The second-order valence-electron chi connectivity index (χ2n) is 8.43. The van der Waals surface area contributed by atoms with Gasteiger partial charge in [0.25, 0.3) is 0 Å². The predicted octanol–water partition coefficient (Wildman–Crippen LogP) is 4.08. The van der Waals surface area contributed by atoms with Crippen LogP contribution in [0.2, 0.25) is 0 Å². The number of amides is 1. The van der Waals surface area contributed by atoms with Crippen LogP contribution in [0.15, 0.2) is 24.3 Å². The quantitative estimate of drug-likeness (QED) is 0.528. The van der Waals surface area contributed by atoms with E-state index < -0.39 is 0 Å². The molecule has 1 aromatic heterocycles. The van der Waals surface area contributed by atoms with Gasteiger partial charge in [0.1, 0.15) is 0 Å². The van der Waals surface area contributed by atoms with E-state index in [9.17, 15) is 4.79 Å². The van der Waals surface area contributed by atoms with E-state index in [1.807, 2.05) is 16.7 Å². The fourth-order valence-electron chi connectivity index (χ4n) is 4.18. The zero-order valence-electron chi connectivity index (χ0n) is 17.8. The second-order valence-corrected chi connectivity index (χ2v) is 8.82. The number of aromatic nitrogens is 3. The summed E-state index contributed by atoms with van der Waals surface area (Å²) in [6, 6.07) is 8.17. The number of rotatable bonds is 7. The summed E-state index contributed by atoms with van der Waals surface area (Å²) in [5, 5.41) is 10.4. The number of likely N-dealkylation sites (N-methyl/N-ethyl adjacent to an activating group) is 1. The van der Waals surface area contributed by atoms with Gasteiger partial charge in [-0.15, -0.1) is 0 Å². The monoisotopic (exact) mass is 415 g/mol. The van der Waals surface area contributed by atoms with Crippen LogP contribution in [0.1, 0.15) is 50.5 Å². The van der Waals surface area contributed by atoms with Crippen LogP contribution in [0.4, 0.5) is 0 Å². The molecule has 1 aliphatic rings. The number of aryl methyl sites for hydroxylation is 1. The molecular weight excluding hydrogens is 382 g/mol. The van der Waals surface area contributed by atoms with Crippen molar-refractivity contribution in [3.63, 3.8) is 0 Å². The molecule has 29 heavy (non-hydrogen) atoms. The van der Waals surface area contributed by atoms with Crippen molar-refractivity contribution in [1.29, 1.82) is 0 Å². The standard InChI is InChI=1S/C22H33N5OS/c1-17-8-10-18(11-9-17)20-24-25-21(29)27(20)15-12-19(28)23-16-22(26(2)3)13-6-4-5-7-14-22/h8-11H,4-7,12-16H2,1-3H3,(H,23,28)(H,25,29). The molecule has 1 fully saturated rings. The lowest BCUT2D eigenvalue weighted by molar-refractivity contribution is -0.122. The van der Waals surface area contributed by atoms with Crippen molar-refractivity contribution < 1.29 is 4.79 Å². The molecule has 0 atom stereocenters. The molecule has 3 rings (SSSR count). The Labute approximate surface area is 178 Å². The molecule has 1 amide bonds.